The molecule has 0 fully saturated rings. The lowest BCUT2D eigenvalue weighted by atomic mass is 9.34. The Labute approximate surface area is 105 Å². The van der Waals surface area contributed by atoms with Crippen molar-refractivity contribution in [1.29, 1.82) is 0 Å². The van der Waals surface area contributed by atoms with Gasteiger partial charge in [-0.05, 0) is 16.2 Å². The summed E-state index contributed by atoms with van der Waals surface area (Å²) in [5.41, 5.74) is 1.38. The number of hydrogen-bond donors (Lipinski definition) is 0. The molecule has 16 heavy (non-hydrogen) atoms. The second kappa shape index (κ2) is 5.15. The third kappa shape index (κ3) is 10.6. The molecule has 0 aliphatic rings. The Balaban J connectivity index is 4.53. The van der Waals surface area contributed by atoms with Crippen LogP contribution in [0.25, 0.3) is 0 Å². The van der Waals surface area contributed by atoms with Crippen LogP contribution in [0.1, 0.15) is 62.3 Å². The molecule has 0 aliphatic carbocycles. The Morgan fingerprint density at radius 1 is 0.500 bits per heavy atom. The highest BCUT2D eigenvalue weighted by Crippen LogP contribution is 2.35. The Bertz CT molecular complexity index is 159. The van der Waals surface area contributed by atoms with E-state index in [4.69, 9.17) is 0 Å². The molecule has 0 atom stereocenters. The molecular formula is C15H33B. The van der Waals surface area contributed by atoms with Gasteiger partial charge in [-0.2, -0.15) is 0 Å². The molecule has 0 heterocycles. The quantitative estimate of drug-likeness (QED) is 0.546. The van der Waals surface area contributed by atoms with Gasteiger partial charge in [0.15, 0.2) is 0 Å². The molecule has 0 saturated heterocycles. The number of hydrogen-bond acceptors (Lipinski definition) is 0. The lowest BCUT2D eigenvalue weighted by Gasteiger charge is -2.33. The molecule has 0 rings (SSSR count). The van der Waals surface area contributed by atoms with Crippen molar-refractivity contribution in [2.75, 3.05) is 0 Å². The Morgan fingerprint density at radius 3 is 0.812 bits per heavy atom. The average molecular weight is 224 g/mol. The van der Waals surface area contributed by atoms with Crippen molar-refractivity contribution in [1.82, 2.24) is 0 Å². The standard InChI is InChI=1S/C15H33B/c1-13(2,3)10-16(11-14(4,5)6)12-15(7,8)9/h10-12H2,1-9H3. The van der Waals surface area contributed by atoms with Crippen LogP contribution in [0.4, 0.5) is 0 Å². The van der Waals surface area contributed by atoms with Crippen LogP contribution in [0.3, 0.4) is 0 Å². The van der Waals surface area contributed by atoms with Crippen molar-refractivity contribution in [3.63, 3.8) is 0 Å². The fourth-order valence-electron chi connectivity index (χ4n) is 2.81. The van der Waals surface area contributed by atoms with Gasteiger partial charge in [0.1, 0.15) is 6.71 Å². The lowest BCUT2D eigenvalue weighted by molar-refractivity contribution is 0.417. The fraction of sp³-hybridized carbons (Fsp3) is 1.00. The van der Waals surface area contributed by atoms with Crippen molar-refractivity contribution in [3.05, 3.63) is 0 Å². The first-order valence-electron chi connectivity index (χ1n) is 6.79. The maximum Gasteiger partial charge on any atom is 0.141 e. The Morgan fingerprint density at radius 2 is 0.688 bits per heavy atom. The molecule has 0 radical (unpaired) electrons. The summed E-state index contributed by atoms with van der Waals surface area (Å²) < 4.78 is 0. The van der Waals surface area contributed by atoms with Crippen LogP contribution in [0, 0.1) is 16.2 Å². The fourth-order valence-corrected chi connectivity index (χ4v) is 2.81. The maximum absolute atomic E-state index is 2.37. The molecular weight excluding hydrogens is 191 g/mol. The van der Waals surface area contributed by atoms with Crippen molar-refractivity contribution >= 4 is 6.71 Å². The molecule has 0 aromatic carbocycles. The first-order chi connectivity index (χ1) is 6.79. The SMILES string of the molecule is CC(C)(C)CB(CC(C)(C)C)CC(C)(C)C. The molecule has 0 nitrogen and oxygen atoms in total. The van der Waals surface area contributed by atoms with Crippen LogP contribution in [0.2, 0.25) is 19.0 Å². The molecule has 0 amide bonds. The van der Waals surface area contributed by atoms with E-state index in [1.165, 1.54) is 19.0 Å². The highest BCUT2D eigenvalue weighted by molar-refractivity contribution is 6.59. The van der Waals surface area contributed by atoms with Crippen LogP contribution >= 0.6 is 0 Å². The summed E-state index contributed by atoms with van der Waals surface area (Å²) in [6.07, 6.45) is 4.05. The first kappa shape index (κ1) is 16.1. The van der Waals surface area contributed by atoms with E-state index in [2.05, 4.69) is 62.3 Å². The van der Waals surface area contributed by atoms with E-state index >= 15 is 0 Å². The van der Waals surface area contributed by atoms with Gasteiger partial charge in [-0.3, -0.25) is 0 Å². The van der Waals surface area contributed by atoms with Gasteiger partial charge >= 0.3 is 0 Å². The molecule has 0 aromatic heterocycles. The predicted octanol–water partition coefficient (Wildman–Crippen LogP) is 5.62. The van der Waals surface area contributed by atoms with E-state index in [1.807, 2.05) is 0 Å². The minimum absolute atomic E-state index is 0.459. The molecule has 0 unspecified atom stereocenters. The zero-order valence-corrected chi connectivity index (χ0v) is 13.2. The van der Waals surface area contributed by atoms with Crippen LogP contribution < -0.4 is 0 Å². The summed E-state index contributed by atoms with van der Waals surface area (Å²) in [5.74, 6) is 0. The van der Waals surface area contributed by atoms with Crippen molar-refractivity contribution < 1.29 is 0 Å². The first-order valence-corrected chi connectivity index (χ1v) is 6.79. The van der Waals surface area contributed by atoms with E-state index < -0.39 is 0 Å². The normalized spacial score (nSPS) is 14.1. The smallest absolute Gasteiger partial charge is 0.0692 e. The molecule has 0 bridgehead atoms. The predicted molar refractivity (Wildman–Crippen MR) is 78.5 cm³/mol. The Kier molecular flexibility index (Phi) is 5.17. The van der Waals surface area contributed by atoms with Gasteiger partial charge < -0.3 is 0 Å². The minimum Gasteiger partial charge on any atom is -0.0692 e. The third-order valence-electron chi connectivity index (χ3n) is 2.70. The molecule has 96 valence electrons. The highest BCUT2D eigenvalue weighted by atomic mass is 14.2. The monoisotopic (exact) mass is 224 g/mol. The summed E-state index contributed by atoms with van der Waals surface area (Å²) in [4.78, 5) is 0. The Hall–Kier alpha value is 0.0649. The maximum atomic E-state index is 2.37. The van der Waals surface area contributed by atoms with Gasteiger partial charge in [0.05, 0.1) is 0 Å². The second-order valence-corrected chi connectivity index (χ2v) is 9.16. The zero-order chi connectivity index (χ0) is 13.2. The highest BCUT2D eigenvalue weighted by Gasteiger charge is 2.29. The van der Waals surface area contributed by atoms with Gasteiger partial charge in [0, 0.05) is 0 Å². The molecule has 0 N–H and O–H groups in total. The van der Waals surface area contributed by atoms with Gasteiger partial charge in [-0.1, -0.05) is 81.3 Å². The van der Waals surface area contributed by atoms with Crippen LogP contribution in [0.5, 0.6) is 0 Å². The summed E-state index contributed by atoms with van der Waals surface area (Å²) in [6.45, 7) is 22.2. The molecule has 0 saturated carbocycles. The summed E-state index contributed by atoms with van der Waals surface area (Å²) in [7, 11) is 0. The van der Waals surface area contributed by atoms with Crippen molar-refractivity contribution in [2.24, 2.45) is 16.2 Å². The van der Waals surface area contributed by atoms with Crippen molar-refractivity contribution in [2.45, 2.75) is 81.3 Å². The van der Waals surface area contributed by atoms with Gasteiger partial charge in [0.25, 0.3) is 0 Å². The van der Waals surface area contributed by atoms with Crippen LogP contribution in [0.15, 0.2) is 0 Å². The molecule has 0 aromatic rings. The van der Waals surface area contributed by atoms with E-state index in [0.717, 1.165) is 6.71 Å². The zero-order valence-electron chi connectivity index (χ0n) is 13.2. The van der Waals surface area contributed by atoms with E-state index in [0.29, 0.717) is 16.2 Å². The largest absolute Gasteiger partial charge is 0.141 e. The van der Waals surface area contributed by atoms with Gasteiger partial charge in [-0.25, -0.2) is 0 Å². The van der Waals surface area contributed by atoms with E-state index in [1.54, 1.807) is 0 Å². The molecule has 0 aliphatic heterocycles. The molecule has 1 heteroatoms. The minimum atomic E-state index is 0.459. The third-order valence-corrected chi connectivity index (χ3v) is 2.70. The second-order valence-electron chi connectivity index (χ2n) is 9.16. The van der Waals surface area contributed by atoms with E-state index in [9.17, 15) is 0 Å². The lowest BCUT2D eigenvalue weighted by Crippen LogP contribution is -2.29. The van der Waals surface area contributed by atoms with Crippen LogP contribution in [-0.4, -0.2) is 6.71 Å². The topological polar surface area (TPSA) is 0 Å². The average Bonchev–Trinajstić information content (AvgIpc) is 1.70. The van der Waals surface area contributed by atoms with Gasteiger partial charge in [0.2, 0.25) is 0 Å². The molecule has 0 spiro atoms. The van der Waals surface area contributed by atoms with Gasteiger partial charge in [-0.15, -0.1) is 0 Å². The summed E-state index contributed by atoms with van der Waals surface area (Å²) >= 11 is 0. The summed E-state index contributed by atoms with van der Waals surface area (Å²) in [5, 5.41) is 0. The van der Waals surface area contributed by atoms with E-state index in [-0.39, 0.29) is 0 Å². The summed E-state index contributed by atoms with van der Waals surface area (Å²) in [6, 6.07) is 0. The number of rotatable bonds is 3. The van der Waals surface area contributed by atoms with Crippen LogP contribution in [-0.2, 0) is 0 Å². The van der Waals surface area contributed by atoms with Crippen molar-refractivity contribution in [3.8, 4) is 0 Å².